The average Bonchev–Trinajstić information content (AvgIpc) is 3.02. The Morgan fingerprint density at radius 2 is 1.84 bits per heavy atom. The van der Waals surface area contributed by atoms with Crippen molar-refractivity contribution in [3.63, 3.8) is 0 Å². The number of carbonyl (C=O) groups excluding carboxylic acids is 4. The van der Waals surface area contributed by atoms with Crippen molar-refractivity contribution in [1.29, 1.82) is 0 Å². The number of carbonyl (C=O) groups is 4. The summed E-state index contributed by atoms with van der Waals surface area (Å²) >= 11 is 6.21. The minimum atomic E-state index is -1.09. The lowest BCUT2D eigenvalue weighted by atomic mass is 9.93. The van der Waals surface area contributed by atoms with Gasteiger partial charge < -0.3 is 9.47 Å². The highest BCUT2D eigenvalue weighted by Gasteiger charge is 2.39. The van der Waals surface area contributed by atoms with E-state index in [0.29, 0.717) is 40.3 Å². The van der Waals surface area contributed by atoms with Crippen molar-refractivity contribution in [2.24, 2.45) is 0 Å². The van der Waals surface area contributed by atoms with Crippen LogP contribution in [-0.2, 0) is 28.7 Å². The van der Waals surface area contributed by atoms with Crippen LogP contribution in [0.5, 0.6) is 0 Å². The standard InChI is InChI=1S/C23H22ClNO6/c1-3-12-30-23(29)14(2)31-20(26)11-8-15-13-16(9-10-19(15)24)25-21(27)17-6-4-5-7-18(17)22(25)28/h3,8-11,13-14H,1,4-7,12H2,2H3. The largest absolute Gasteiger partial charge is 0.459 e. The highest BCUT2D eigenvalue weighted by atomic mass is 35.5. The molecular formula is C23H22ClNO6. The summed E-state index contributed by atoms with van der Waals surface area (Å²) in [7, 11) is 0. The zero-order valence-electron chi connectivity index (χ0n) is 17.1. The Morgan fingerprint density at radius 1 is 1.19 bits per heavy atom. The third kappa shape index (κ3) is 4.94. The van der Waals surface area contributed by atoms with Gasteiger partial charge in [-0.25, -0.2) is 14.5 Å². The first-order valence-electron chi connectivity index (χ1n) is 9.90. The predicted octanol–water partition coefficient (Wildman–Crippen LogP) is 3.76. The summed E-state index contributed by atoms with van der Waals surface area (Å²) in [6.45, 7) is 4.85. The smallest absolute Gasteiger partial charge is 0.347 e. The minimum absolute atomic E-state index is 0.0190. The van der Waals surface area contributed by atoms with Gasteiger partial charge in [-0.3, -0.25) is 9.59 Å². The van der Waals surface area contributed by atoms with Crippen LogP contribution in [0.3, 0.4) is 0 Å². The van der Waals surface area contributed by atoms with Crippen molar-refractivity contribution in [2.75, 3.05) is 11.5 Å². The van der Waals surface area contributed by atoms with Crippen molar-refractivity contribution in [3.8, 4) is 0 Å². The molecule has 0 spiro atoms. The Kier molecular flexibility index (Phi) is 7.07. The molecule has 0 aromatic heterocycles. The lowest BCUT2D eigenvalue weighted by Crippen LogP contribution is -2.31. The molecule has 2 amide bonds. The van der Waals surface area contributed by atoms with Gasteiger partial charge in [0.15, 0.2) is 6.10 Å². The van der Waals surface area contributed by atoms with Crippen LogP contribution in [-0.4, -0.2) is 36.5 Å². The SMILES string of the molecule is C=CCOC(=O)C(C)OC(=O)C=Cc1cc(N2C(=O)C3=C(CCCC3)C2=O)ccc1Cl. The maximum absolute atomic E-state index is 12.7. The number of nitrogens with zero attached hydrogens (tertiary/aromatic N) is 1. The Labute approximate surface area is 184 Å². The van der Waals surface area contributed by atoms with Crippen molar-refractivity contribution < 1.29 is 28.7 Å². The number of halogens is 1. The summed E-state index contributed by atoms with van der Waals surface area (Å²) in [4.78, 5) is 50.3. The second kappa shape index (κ2) is 9.75. The van der Waals surface area contributed by atoms with Crippen LogP contribution in [0.25, 0.3) is 6.08 Å². The molecule has 1 aliphatic heterocycles. The summed E-state index contributed by atoms with van der Waals surface area (Å²) in [6.07, 6.45) is 5.82. The average molecular weight is 444 g/mol. The quantitative estimate of drug-likeness (QED) is 0.276. The van der Waals surface area contributed by atoms with Crippen molar-refractivity contribution in [2.45, 2.75) is 38.7 Å². The number of hydrogen-bond donors (Lipinski definition) is 0. The minimum Gasteiger partial charge on any atom is -0.459 e. The maximum Gasteiger partial charge on any atom is 0.347 e. The summed E-state index contributed by atoms with van der Waals surface area (Å²) in [6, 6.07) is 4.70. The number of anilines is 1. The zero-order chi connectivity index (χ0) is 22.5. The molecule has 1 aliphatic carbocycles. The van der Waals surface area contributed by atoms with Gasteiger partial charge in [-0.05, 0) is 62.4 Å². The molecule has 0 saturated heterocycles. The molecule has 162 valence electrons. The lowest BCUT2D eigenvalue weighted by Gasteiger charge is -2.16. The third-order valence-electron chi connectivity index (χ3n) is 5.00. The van der Waals surface area contributed by atoms with Gasteiger partial charge in [0.2, 0.25) is 0 Å². The molecule has 8 heteroatoms. The van der Waals surface area contributed by atoms with Crippen molar-refractivity contribution in [3.05, 3.63) is 58.7 Å². The van der Waals surface area contributed by atoms with Crippen LogP contribution in [0.4, 0.5) is 5.69 Å². The number of hydrogen-bond acceptors (Lipinski definition) is 6. The van der Waals surface area contributed by atoms with Gasteiger partial charge in [0, 0.05) is 22.2 Å². The lowest BCUT2D eigenvalue weighted by molar-refractivity contribution is -0.162. The highest BCUT2D eigenvalue weighted by molar-refractivity contribution is 6.34. The fourth-order valence-corrected chi connectivity index (χ4v) is 3.63. The van der Waals surface area contributed by atoms with Crippen LogP contribution in [0.1, 0.15) is 38.2 Å². The van der Waals surface area contributed by atoms with E-state index < -0.39 is 18.0 Å². The van der Waals surface area contributed by atoms with E-state index in [2.05, 4.69) is 6.58 Å². The van der Waals surface area contributed by atoms with Gasteiger partial charge in [-0.1, -0.05) is 24.3 Å². The molecule has 3 rings (SSSR count). The van der Waals surface area contributed by atoms with E-state index in [9.17, 15) is 19.2 Å². The van der Waals surface area contributed by atoms with E-state index in [1.165, 1.54) is 19.1 Å². The Hall–Kier alpha value is -3.19. The van der Waals surface area contributed by atoms with E-state index in [1.807, 2.05) is 0 Å². The predicted molar refractivity (Wildman–Crippen MR) is 115 cm³/mol. The fourth-order valence-electron chi connectivity index (χ4n) is 3.45. The molecule has 1 aromatic rings. The van der Waals surface area contributed by atoms with E-state index in [1.54, 1.807) is 18.2 Å². The Morgan fingerprint density at radius 3 is 2.45 bits per heavy atom. The van der Waals surface area contributed by atoms with Crippen molar-refractivity contribution in [1.82, 2.24) is 0 Å². The summed E-state index contributed by atoms with van der Waals surface area (Å²) < 4.78 is 9.81. The maximum atomic E-state index is 12.7. The molecule has 0 fully saturated rings. The molecule has 0 N–H and O–H groups in total. The first kappa shape index (κ1) is 22.5. The Balaban J connectivity index is 1.72. The highest BCUT2D eigenvalue weighted by Crippen LogP contribution is 2.36. The normalized spacial score (nSPS) is 17.0. The molecule has 1 unspecified atom stereocenters. The molecule has 7 nitrogen and oxygen atoms in total. The number of benzene rings is 1. The molecule has 0 radical (unpaired) electrons. The van der Waals surface area contributed by atoms with Gasteiger partial charge >= 0.3 is 11.9 Å². The van der Waals surface area contributed by atoms with Gasteiger partial charge in [0.25, 0.3) is 11.8 Å². The number of ether oxygens (including phenoxy) is 2. The number of rotatable bonds is 7. The second-order valence-electron chi connectivity index (χ2n) is 7.15. The molecule has 1 heterocycles. The number of esters is 2. The van der Waals surface area contributed by atoms with Crippen LogP contribution < -0.4 is 4.90 Å². The third-order valence-corrected chi connectivity index (χ3v) is 5.34. The van der Waals surface area contributed by atoms with Crippen LogP contribution in [0.2, 0.25) is 5.02 Å². The second-order valence-corrected chi connectivity index (χ2v) is 7.55. The number of imide groups is 1. The monoisotopic (exact) mass is 443 g/mol. The van der Waals surface area contributed by atoms with E-state index in [-0.39, 0.29) is 18.4 Å². The van der Waals surface area contributed by atoms with Crippen LogP contribution in [0.15, 0.2) is 48.1 Å². The first-order valence-corrected chi connectivity index (χ1v) is 10.3. The van der Waals surface area contributed by atoms with E-state index in [0.717, 1.165) is 23.8 Å². The van der Waals surface area contributed by atoms with Crippen molar-refractivity contribution >= 4 is 47.1 Å². The summed E-state index contributed by atoms with van der Waals surface area (Å²) in [5, 5.41) is 0.322. The zero-order valence-corrected chi connectivity index (χ0v) is 17.8. The first-order chi connectivity index (χ1) is 14.8. The molecule has 0 saturated carbocycles. The van der Waals surface area contributed by atoms with E-state index >= 15 is 0 Å². The molecule has 1 aromatic carbocycles. The van der Waals surface area contributed by atoms with Gasteiger partial charge in [0.05, 0.1) is 5.69 Å². The van der Waals surface area contributed by atoms with Gasteiger partial charge in [-0.15, -0.1) is 0 Å². The fraction of sp³-hybridized carbons (Fsp3) is 0.304. The summed E-state index contributed by atoms with van der Waals surface area (Å²) in [5.41, 5.74) is 1.97. The molecule has 2 aliphatic rings. The molecular weight excluding hydrogens is 422 g/mol. The Bertz CT molecular complexity index is 981. The van der Waals surface area contributed by atoms with E-state index in [4.69, 9.17) is 21.1 Å². The van der Waals surface area contributed by atoms with Crippen LogP contribution >= 0.6 is 11.6 Å². The molecule has 1 atom stereocenters. The van der Waals surface area contributed by atoms with Crippen LogP contribution in [0, 0.1) is 0 Å². The summed E-state index contributed by atoms with van der Waals surface area (Å²) in [5.74, 6) is -2.06. The topological polar surface area (TPSA) is 90.0 Å². The molecule has 0 bridgehead atoms. The van der Waals surface area contributed by atoms with Gasteiger partial charge in [-0.2, -0.15) is 0 Å². The number of amides is 2. The van der Waals surface area contributed by atoms with Gasteiger partial charge in [0.1, 0.15) is 6.61 Å². The molecule has 31 heavy (non-hydrogen) atoms.